The first-order valence-corrected chi connectivity index (χ1v) is 6.06. The van der Waals surface area contributed by atoms with E-state index in [1.165, 1.54) is 12.3 Å². The Kier molecular flexibility index (Phi) is 3.84. The van der Waals surface area contributed by atoms with Crippen LogP contribution in [0, 0.1) is 0 Å². The van der Waals surface area contributed by atoms with Crippen LogP contribution in [0.4, 0.5) is 0 Å². The lowest BCUT2D eigenvalue weighted by Crippen LogP contribution is -2.00. The van der Waals surface area contributed by atoms with E-state index in [-0.39, 0.29) is 16.5 Å². The van der Waals surface area contributed by atoms with Crippen LogP contribution in [0.15, 0.2) is 41.0 Å². The summed E-state index contributed by atoms with van der Waals surface area (Å²) in [5.41, 5.74) is -0.0448. The molecule has 0 atom stereocenters. The average molecular weight is 329 g/mol. The molecule has 1 aromatic heterocycles. The maximum Gasteiger partial charge on any atom is 0.337 e. The first-order chi connectivity index (χ1) is 8.58. The van der Waals surface area contributed by atoms with Crippen molar-refractivity contribution in [2.75, 3.05) is 0 Å². The van der Waals surface area contributed by atoms with Crippen molar-refractivity contribution in [3.8, 4) is 11.6 Å². The van der Waals surface area contributed by atoms with E-state index in [0.29, 0.717) is 5.75 Å². The fraction of sp³-hybridized carbons (Fsp3) is 0. The monoisotopic (exact) mass is 327 g/mol. The number of pyridine rings is 1. The van der Waals surface area contributed by atoms with Gasteiger partial charge in [-0.2, -0.15) is 0 Å². The van der Waals surface area contributed by atoms with Crippen LogP contribution in [-0.2, 0) is 0 Å². The molecule has 0 bridgehead atoms. The Bertz CT molecular complexity index is 604. The van der Waals surface area contributed by atoms with Crippen LogP contribution in [0.3, 0.4) is 0 Å². The van der Waals surface area contributed by atoms with Gasteiger partial charge in [-0.15, -0.1) is 0 Å². The zero-order valence-corrected chi connectivity index (χ0v) is 11.3. The first kappa shape index (κ1) is 12.9. The van der Waals surface area contributed by atoms with E-state index in [4.69, 9.17) is 21.4 Å². The summed E-state index contributed by atoms with van der Waals surface area (Å²) in [4.78, 5) is 14.8. The molecule has 0 unspecified atom stereocenters. The number of carbonyl (C=O) groups is 1. The molecule has 6 heteroatoms. The van der Waals surface area contributed by atoms with Crippen molar-refractivity contribution in [3.63, 3.8) is 0 Å². The third kappa shape index (κ3) is 2.80. The highest BCUT2D eigenvalue weighted by Crippen LogP contribution is 2.30. The average Bonchev–Trinajstić information content (AvgIpc) is 2.31. The largest absolute Gasteiger partial charge is 0.478 e. The van der Waals surface area contributed by atoms with E-state index in [1.807, 2.05) is 6.07 Å². The van der Waals surface area contributed by atoms with E-state index in [9.17, 15) is 4.79 Å². The molecule has 2 aromatic rings. The standard InChI is InChI=1S/C12H7BrClNO3/c13-7-2-1-3-8(6-7)18-11-10(14)9(12(16)17)4-5-15-11/h1-6H,(H,16,17). The molecule has 2 rings (SSSR count). The molecule has 0 fully saturated rings. The van der Waals surface area contributed by atoms with Gasteiger partial charge < -0.3 is 9.84 Å². The summed E-state index contributed by atoms with van der Waals surface area (Å²) in [6, 6.07) is 8.39. The Morgan fingerprint density at radius 3 is 2.83 bits per heavy atom. The molecule has 0 saturated heterocycles. The molecule has 0 amide bonds. The molecule has 18 heavy (non-hydrogen) atoms. The van der Waals surface area contributed by atoms with Gasteiger partial charge in [-0.25, -0.2) is 9.78 Å². The van der Waals surface area contributed by atoms with Gasteiger partial charge in [-0.3, -0.25) is 0 Å². The predicted octanol–water partition coefficient (Wildman–Crippen LogP) is 3.99. The lowest BCUT2D eigenvalue weighted by Gasteiger charge is -2.07. The molecule has 0 radical (unpaired) electrons. The molecule has 1 aromatic carbocycles. The summed E-state index contributed by atoms with van der Waals surface area (Å²) in [6.45, 7) is 0. The summed E-state index contributed by atoms with van der Waals surface area (Å²) in [7, 11) is 0. The van der Waals surface area contributed by atoms with Crippen LogP contribution in [0.5, 0.6) is 11.6 Å². The highest BCUT2D eigenvalue weighted by atomic mass is 79.9. The second kappa shape index (κ2) is 5.37. The van der Waals surface area contributed by atoms with Crippen molar-refractivity contribution in [3.05, 3.63) is 51.6 Å². The molecule has 1 N–H and O–H groups in total. The smallest absolute Gasteiger partial charge is 0.337 e. The van der Waals surface area contributed by atoms with E-state index in [0.717, 1.165) is 4.47 Å². The fourth-order valence-electron chi connectivity index (χ4n) is 1.30. The highest BCUT2D eigenvalue weighted by molar-refractivity contribution is 9.10. The maximum absolute atomic E-state index is 10.9. The van der Waals surface area contributed by atoms with Crippen LogP contribution in [-0.4, -0.2) is 16.1 Å². The quantitative estimate of drug-likeness (QED) is 0.925. The van der Waals surface area contributed by atoms with Gasteiger partial charge in [0, 0.05) is 10.7 Å². The van der Waals surface area contributed by atoms with Gasteiger partial charge in [0.1, 0.15) is 10.8 Å². The van der Waals surface area contributed by atoms with Crippen molar-refractivity contribution in [1.82, 2.24) is 4.98 Å². The number of aromatic nitrogens is 1. The number of halogens is 2. The van der Waals surface area contributed by atoms with Crippen molar-refractivity contribution >= 4 is 33.5 Å². The lowest BCUT2D eigenvalue weighted by molar-refractivity contribution is 0.0696. The summed E-state index contributed by atoms with van der Waals surface area (Å²) in [6.07, 6.45) is 1.34. The number of hydrogen-bond donors (Lipinski definition) is 1. The molecule has 92 valence electrons. The Balaban J connectivity index is 2.35. The number of nitrogens with zero attached hydrogens (tertiary/aromatic N) is 1. The Morgan fingerprint density at radius 1 is 1.39 bits per heavy atom. The number of benzene rings is 1. The van der Waals surface area contributed by atoms with Crippen molar-refractivity contribution in [1.29, 1.82) is 0 Å². The Labute approximate surface area is 116 Å². The normalized spacial score (nSPS) is 10.1. The summed E-state index contributed by atoms with van der Waals surface area (Å²) >= 11 is 9.22. The predicted molar refractivity (Wildman–Crippen MR) is 70.4 cm³/mol. The topological polar surface area (TPSA) is 59.4 Å². The van der Waals surface area contributed by atoms with Crippen LogP contribution in [0.2, 0.25) is 5.02 Å². The van der Waals surface area contributed by atoms with Gasteiger partial charge in [0.25, 0.3) is 0 Å². The third-order valence-corrected chi connectivity index (χ3v) is 2.96. The number of aromatic carboxylic acids is 1. The highest BCUT2D eigenvalue weighted by Gasteiger charge is 2.14. The number of carboxylic acid groups (broad SMARTS) is 1. The number of hydrogen-bond acceptors (Lipinski definition) is 3. The number of ether oxygens (including phenoxy) is 1. The summed E-state index contributed by atoms with van der Waals surface area (Å²) < 4.78 is 6.28. The van der Waals surface area contributed by atoms with Crippen LogP contribution >= 0.6 is 27.5 Å². The molecule has 0 aliphatic rings. The molecule has 4 nitrogen and oxygen atoms in total. The Hall–Kier alpha value is -1.59. The molecule has 0 aliphatic heterocycles. The summed E-state index contributed by atoms with van der Waals surface area (Å²) in [5, 5.41) is 8.90. The van der Waals surface area contributed by atoms with E-state index < -0.39 is 5.97 Å². The number of carboxylic acids is 1. The second-order valence-electron chi connectivity index (χ2n) is 3.34. The minimum Gasteiger partial charge on any atom is -0.478 e. The zero-order chi connectivity index (χ0) is 13.1. The van der Waals surface area contributed by atoms with E-state index in [2.05, 4.69) is 20.9 Å². The molecule has 0 spiro atoms. The molecular formula is C12H7BrClNO3. The van der Waals surface area contributed by atoms with Crippen molar-refractivity contribution in [2.45, 2.75) is 0 Å². The van der Waals surface area contributed by atoms with Gasteiger partial charge in [-0.1, -0.05) is 33.6 Å². The lowest BCUT2D eigenvalue weighted by atomic mass is 10.2. The van der Waals surface area contributed by atoms with Crippen LogP contribution in [0.1, 0.15) is 10.4 Å². The molecule has 0 aliphatic carbocycles. The number of rotatable bonds is 3. The van der Waals surface area contributed by atoms with Gasteiger partial charge in [0.2, 0.25) is 5.88 Å². The molecular weight excluding hydrogens is 321 g/mol. The van der Waals surface area contributed by atoms with E-state index >= 15 is 0 Å². The fourth-order valence-corrected chi connectivity index (χ4v) is 1.91. The van der Waals surface area contributed by atoms with Crippen LogP contribution in [0.25, 0.3) is 0 Å². The first-order valence-electron chi connectivity index (χ1n) is 4.89. The van der Waals surface area contributed by atoms with Gasteiger partial charge in [0.05, 0.1) is 5.56 Å². The van der Waals surface area contributed by atoms with Crippen molar-refractivity contribution in [2.24, 2.45) is 0 Å². The molecule has 0 saturated carbocycles. The maximum atomic E-state index is 10.9. The van der Waals surface area contributed by atoms with Gasteiger partial charge in [-0.05, 0) is 24.3 Å². The van der Waals surface area contributed by atoms with Crippen molar-refractivity contribution < 1.29 is 14.6 Å². The van der Waals surface area contributed by atoms with Crippen LogP contribution < -0.4 is 4.74 Å². The Morgan fingerprint density at radius 2 is 2.17 bits per heavy atom. The minimum absolute atomic E-state index is 0.0232. The van der Waals surface area contributed by atoms with E-state index in [1.54, 1.807) is 18.2 Å². The SMILES string of the molecule is O=C(O)c1ccnc(Oc2cccc(Br)c2)c1Cl. The summed E-state index contributed by atoms with van der Waals surface area (Å²) in [5.74, 6) is -0.544. The third-order valence-electron chi connectivity index (χ3n) is 2.10. The van der Waals surface area contributed by atoms with Gasteiger partial charge in [0.15, 0.2) is 0 Å². The molecule has 1 heterocycles. The zero-order valence-electron chi connectivity index (χ0n) is 8.93. The minimum atomic E-state index is -1.12. The second-order valence-corrected chi connectivity index (χ2v) is 4.64. The van der Waals surface area contributed by atoms with Gasteiger partial charge >= 0.3 is 5.97 Å².